The lowest BCUT2D eigenvalue weighted by Gasteiger charge is -2.02. The second-order valence-corrected chi connectivity index (χ2v) is 2.67. The van der Waals surface area contributed by atoms with Crippen molar-refractivity contribution in [2.75, 3.05) is 0 Å². The third-order valence-corrected chi connectivity index (χ3v) is 1.79. The van der Waals surface area contributed by atoms with Gasteiger partial charge in [-0.05, 0) is 5.56 Å². The highest BCUT2D eigenvalue weighted by Crippen LogP contribution is 2.17. The first-order valence-corrected chi connectivity index (χ1v) is 3.83. The fourth-order valence-electron chi connectivity index (χ4n) is 1.09. The molecule has 0 fully saturated rings. The first kappa shape index (κ1) is 10.1. The van der Waals surface area contributed by atoms with E-state index in [2.05, 4.69) is 0 Å². The number of carbonyl (C=O) groups is 1. The van der Waals surface area contributed by atoms with Gasteiger partial charge < -0.3 is 11.5 Å². The van der Waals surface area contributed by atoms with Gasteiger partial charge >= 0.3 is 0 Å². The molecule has 0 saturated carbocycles. The summed E-state index contributed by atoms with van der Waals surface area (Å²) in [4.78, 5) is 20.7. The Hall–Kier alpha value is -1.95. The molecule has 1 rings (SSSR count). The minimum Gasteiger partial charge on any atom is -0.366 e. The Morgan fingerprint density at radius 3 is 2.57 bits per heavy atom. The minimum atomic E-state index is -0.714. The van der Waals surface area contributed by atoms with E-state index in [4.69, 9.17) is 11.5 Å². The highest BCUT2D eigenvalue weighted by molar-refractivity contribution is 5.95. The van der Waals surface area contributed by atoms with E-state index >= 15 is 0 Å². The molecule has 0 heterocycles. The second kappa shape index (κ2) is 3.84. The Morgan fingerprint density at radius 1 is 1.50 bits per heavy atom. The first-order chi connectivity index (χ1) is 6.56. The molecule has 0 bridgehead atoms. The molecule has 14 heavy (non-hydrogen) atoms. The molecule has 0 unspecified atom stereocenters. The normalized spacial score (nSPS) is 9.79. The molecule has 6 nitrogen and oxygen atoms in total. The van der Waals surface area contributed by atoms with Crippen LogP contribution in [0.25, 0.3) is 0 Å². The maximum absolute atomic E-state index is 10.9. The zero-order chi connectivity index (χ0) is 10.7. The Bertz CT molecular complexity index is 389. The monoisotopic (exact) mass is 195 g/mol. The lowest BCUT2D eigenvalue weighted by molar-refractivity contribution is -0.384. The number of nitrogens with two attached hydrogens (primary N) is 2. The van der Waals surface area contributed by atoms with Gasteiger partial charge in [-0.2, -0.15) is 0 Å². The maximum Gasteiger partial charge on any atom is 0.270 e. The molecular weight excluding hydrogens is 186 g/mol. The summed E-state index contributed by atoms with van der Waals surface area (Å²) in [5, 5.41) is 10.4. The highest BCUT2D eigenvalue weighted by Gasteiger charge is 2.13. The number of hydrogen-bond acceptors (Lipinski definition) is 4. The molecule has 0 atom stereocenters. The van der Waals surface area contributed by atoms with Crippen LogP contribution < -0.4 is 11.5 Å². The highest BCUT2D eigenvalue weighted by atomic mass is 16.6. The molecule has 1 aromatic carbocycles. The van der Waals surface area contributed by atoms with E-state index in [1.54, 1.807) is 0 Å². The van der Waals surface area contributed by atoms with Gasteiger partial charge in [0.05, 0.1) is 10.5 Å². The third-order valence-electron chi connectivity index (χ3n) is 1.79. The number of primary amides is 1. The molecule has 0 spiro atoms. The number of carbonyl (C=O) groups excluding carboxylic acids is 1. The quantitative estimate of drug-likeness (QED) is 0.528. The maximum atomic E-state index is 10.9. The van der Waals surface area contributed by atoms with Crippen LogP contribution >= 0.6 is 0 Å². The standard InChI is InChI=1S/C8H9N3O3/c9-4-5-1-2-6(11(13)14)3-7(5)8(10)12/h1-3H,4,9H2,(H2,10,12). The van der Waals surface area contributed by atoms with E-state index < -0.39 is 10.8 Å². The lowest BCUT2D eigenvalue weighted by atomic mass is 10.1. The molecule has 0 aromatic heterocycles. The number of nitro groups is 1. The summed E-state index contributed by atoms with van der Waals surface area (Å²) in [6.07, 6.45) is 0. The number of amides is 1. The van der Waals surface area contributed by atoms with Crippen molar-refractivity contribution in [2.24, 2.45) is 11.5 Å². The van der Waals surface area contributed by atoms with E-state index in [0.717, 1.165) is 6.07 Å². The van der Waals surface area contributed by atoms with Crippen LogP contribution in [0.4, 0.5) is 5.69 Å². The van der Waals surface area contributed by atoms with Gasteiger partial charge in [-0.15, -0.1) is 0 Å². The van der Waals surface area contributed by atoms with E-state index in [-0.39, 0.29) is 17.8 Å². The smallest absolute Gasteiger partial charge is 0.270 e. The zero-order valence-corrected chi connectivity index (χ0v) is 7.27. The predicted octanol–water partition coefficient (Wildman–Crippen LogP) is 0.152. The summed E-state index contributed by atoms with van der Waals surface area (Å²) >= 11 is 0. The molecule has 0 radical (unpaired) electrons. The topological polar surface area (TPSA) is 112 Å². The van der Waals surface area contributed by atoms with Crippen LogP contribution in [0.2, 0.25) is 0 Å². The van der Waals surface area contributed by atoms with Crippen LogP contribution in [0.5, 0.6) is 0 Å². The summed E-state index contributed by atoms with van der Waals surface area (Å²) in [5.74, 6) is -0.714. The molecule has 74 valence electrons. The van der Waals surface area contributed by atoms with Crippen molar-refractivity contribution in [1.29, 1.82) is 0 Å². The number of nitro benzene ring substituents is 1. The Labute approximate surface area is 79.7 Å². The van der Waals surface area contributed by atoms with Gasteiger partial charge in [-0.1, -0.05) is 6.07 Å². The molecule has 0 aliphatic heterocycles. The summed E-state index contributed by atoms with van der Waals surface area (Å²) in [7, 11) is 0. The second-order valence-electron chi connectivity index (χ2n) is 2.67. The minimum absolute atomic E-state index is 0.0988. The summed E-state index contributed by atoms with van der Waals surface area (Å²) in [5.41, 5.74) is 10.8. The number of benzene rings is 1. The molecule has 0 saturated heterocycles. The fraction of sp³-hybridized carbons (Fsp3) is 0.125. The average molecular weight is 195 g/mol. The summed E-state index contributed by atoms with van der Waals surface area (Å²) in [6.45, 7) is 0.121. The van der Waals surface area contributed by atoms with Gasteiger partial charge in [0, 0.05) is 18.7 Å². The zero-order valence-electron chi connectivity index (χ0n) is 7.27. The van der Waals surface area contributed by atoms with Crippen LogP contribution in [-0.4, -0.2) is 10.8 Å². The van der Waals surface area contributed by atoms with Gasteiger partial charge in [0.2, 0.25) is 5.91 Å². The van der Waals surface area contributed by atoms with Crippen molar-refractivity contribution in [3.63, 3.8) is 0 Å². The van der Waals surface area contributed by atoms with Crippen molar-refractivity contribution in [3.8, 4) is 0 Å². The Morgan fingerprint density at radius 2 is 2.14 bits per heavy atom. The molecule has 0 aliphatic rings. The molecule has 1 aromatic rings. The number of non-ortho nitro benzene ring substituents is 1. The molecule has 0 aliphatic carbocycles. The predicted molar refractivity (Wildman–Crippen MR) is 49.5 cm³/mol. The Kier molecular flexibility index (Phi) is 2.78. The number of nitrogens with zero attached hydrogens (tertiary/aromatic N) is 1. The van der Waals surface area contributed by atoms with Crippen LogP contribution in [0.3, 0.4) is 0 Å². The SMILES string of the molecule is NCc1ccc([N+](=O)[O-])cc1C(N)=O. The van der Waals surface area contributed by atoms with E-state index in [1.165, 1.54) is 12.1 Å². The van der Waals surface area contributed by atoms with Crippen LogP contribution in [0.1, 0.15) is 15.9 Å². The molecule has 1 amide bonds. The van der Waals surface area contributed by atoms with Crippen LogP contribution in [-0.2, 0) is 6.54 Å². The van der Waals surface area contributed by atoms with E-state index in [1.807, 2.05) is 0 Å². The van der Waals surface area contributed by atoms with Gasteiger partial charge in [0.25, 0.3) is 5.69 Å². The van der Waals surface area contributed by atoms with Crippen molar-refractivity contribution in [1.82, 2.24) is 0 Å². The lowest BCUT2D eigenvalue weighted by Crippen LogP contribution is -2.15. The van der Waals surface area contributed by atoms with E-state index in [0.29, 0.717) is 5.56 Å². The van der Waals surface area contributed by atoms with Gasteiger partial charge in [0.1, 0.15) is 0 Å². The third kappa shape index (κ3) is 1.86. The number of rotatable bonds is 3. The van der Waals surface area contributed by atoms with Crippen molar-refractivity contribution >= 4 is 11.6 Å². The summed E-state index contributed by atoms with van der Waals surface area (Å²) in [6, 6.07) is 3.84. The van der Waals surface area contributed by atoms with Crippen molar-refractivity contribution < 1.29 is 9.72 Å². The summed E-state index contributed by atoms with van der Waals surface area (Å²) < 4.78 is 0. The van der Waals surface area contributed by atoms with Crippen LogP contribution in [0, 0.1) is 10.1 Å². The largest absolute Gasteiger partial charge is 0.366 e. The molecule has 6 heteroatoms. The van der Waals surface area contributed by atoms with Crippen molar-refractivity contribution in [2.45, 2.75) is 6.54 Å². The van der Waals surface area contributed by atoms with E-state index in [9.17, 15) is 14.9 Å². The average Bonchev–Trinajstić information content (AvgIpc) is 2.16. The van der Waals surface area contributed by atoms with Gasteiger partial charge in [-0.3, -0.25) is 14.9 Å². The Balaban J connectivity index is 3.27. The van der Waals surface area contributed by atoms with Gasteiger partial charge in [0.15, 0.2) is 0 Å². The van der Waals surface area contributed by atoms with Crippen LogP contribution in [0.15, 0.2) is 18.2 Å². The van der Waals surface area contributed by atoms with Crippen molar-refractivity contribution in [3.05, 3.63) is 39.4 Å². The molecule has 4 N–H and O–H groups in total. The first-order valence-electron chi connectivity index (χ1n) is 3.83. The molecular formula is C8H9N3O3. The van der Waals surface area contributed by atoms with Gasteiger partial charge in [-0.25, -0.2) is 0 Å². The fourth-order valence-corrected chi connectivity index (χ4v) is 1.09. The number of hydrogen-bond donors (Lipinski definition) is 2.